The van der Waals surface area contributed by atoms with Crippen molar-refractivity contribution in [2.45, 2.75) is 94.7 Å². The van der Waals surface area contributed by atoms with Gasteiger partial charge in [0.1, 0.15) is 6.04 Å². The lowest BCUT2D eigenvalue weighted by Gasteiger charge is -2.39. The molecule has 0 radical (unpaired) electrons. The van der Waals surface area contributed by atoms with Crippen molar-refractivity contribution in [1.82, 2.24) is 10.2 Å². The molecule has 7 heteroatoms. The standard InChI is InChI=1S/C32H42N4O3/c1-31(2)25-12-6-7-13-27(25)36(30(31)39)24-16-20-35(21-17-24)29(38)26(15-14-23-10-4-3-5-11-23)34-28(37)22-32(33)18-8-9-19-32/h3-7,10-13,24,26H,8-9,14-22,33H2,1-2H3,(H,34,37)/t26-/m0/s1. The Hall–Kier alpha value is -3.19. The first-order valence-electron chi connectivity index (χ1n) is 14.5. The van der Waals surface area contributed by atoms with Crippen molar-refractivity contribution in [3.63, 3.8) is 0 Å². The molecule has 2 aliphatic heterocycles. The third-order valence-electron chi connectivity index (χ3n) is 9.04. The largest absolute Gasteiger partial charge is 0.344 e. The van der Waals surface area contributed by atoms with Gasteiger partial charge in [-0.2, -0.15) is 0 Å². The summed E-state index contributed by atoms with van der Waals surface area (Å²) < 4.78 is 0. The number of nitrogens with two attached hydrogens (primary N) is 1. The minimum atomic E-state index is -0.590. The predicted molar refractivity (Wildman–Crippen MR) is 153 cm³/mol. The quantitative estimate of drug-likeness (QED) is 0.538. The number of para-hydroxylation sites is 1. The smallest absolute Gasteiger partial charge is 0.245 e. The monoisotopic (exact) mass is 530 g/mol. The van der Waals surface area contributed by atoms with Crippen molar-refractivity contribution in [2.24, 2.45) is 5.73 Å². The van der Waals surface area contributed by atoms with Gasteiger partial charge >= 0.3 is 0 Å². The van der Waals surface area contributed by atoms with Crippen molar-refractivity contribution < 1.29 is 14.4 Å². The molecule has 3 N–H and O–H groups in total. The molecule has 2 heterocycles. The maximum absolute atomic E-state index is 13.8. The minimum Gasteiger partial charge on any atom is -0.344 e. The number of aryl methyl sites for hydroxylation is 1. The number of piperidine rings is 1. The number of likely N-dealkylation sites (tertiary alicyclic amines) is 1. The molecular weight excluding hydrogens is 488 g/mol. The Morgan fingerprint density at radius 1 is 1.00 bits per heavy atom. The fraction of sp³-hybridized carbons (Fsp3) is 0.531. The maximum Gasteiger partial charge on any atom is 0.245 e. The van der Waals surface area contributed by atoms with Crippen molar-refractivity contribution in [3.05, 3.63) is 65.7 Å². The number of hydrogen-bond donors (Lipinski definition) is 2. The number of nitrogens with one attached hydrogen (secondary N) is 1. The molecular formula is C32H42N4O3. The summed E-state index contributed by atoms with van der Waals surface area (Å²) in [7, 11) is 0. The molecule has 39 heavy (non-hydrogen) atoms. The average molecular weight is 531 g/mol. The molecule has 0 aromatic heterocycles. The highest BCUT2D eigenvalue weighted by molar-refractivity contribution is 6.08. The molecule has 2 aromatic carbocycles. The summed E-state index contributed by atoms with van der Waals surface area (Å²) in [5.41, 5.74) is 8.67. The zero-order chi connectivity index (χ0) is 27.6. The predicted octanol–water partition coefficient (Wildman–Crippen LogP) is 4.08. The van der Waals surface area contributed by atoms with E-state index in [-0.39, 0.29) is 30.2 Å². The van der Waals surface area contributed by atoms with Crippen LogP contribution in [0.3, 0.4) is 0 Å². The summed E-state index contributed by atoms with van der Waals surface area (Å²) in [6.45, 7) is 5.11. The van der Waals surface area contributed by atoms with Crippen molar-refractivity contribution in [1.29, 1.82) is 0 Å². The first kappa shape index (κ1) is 27.4. The Morgan fingerprint density at radius 3 is 2.33 bits per heavy atom. The Morgan fingerprint density at radius 2 is 1.64 bits per heavy atom. The van der Waals surface area contributed by atoms with Crippen LogP contribution in [0, 0.1) is 0 Å². The van der Waals surface area contributed by atoms with Gasteiger partial charge in [-0.3, -0.25) is 14.4 Å². The van der Waals surface area contributed by atoms with Crippen LogP contribution in [-0.4, -0.2) is 53.3 Å². The maximum atomic E-state index is 13.8. The Labute approximate surface area is 232 Å². The number of fused-ring (bicyclic) bond motifs is 1. The number of hydrogen-bond acceptors (Lipinski definition) is 4. The van der Waals surface area contributed by atoms with Gasteiger partial charge in [0.2, 0.25) is 17.7 Å². The molecule has 1 atom stereocenters. The molecule has 1 saturated carbocycles. The summed E-state index contributed by atoms with van der Waals surface area (Å²) in [5, 5.41) is 3.06. The lowest BCUT2D eigenvalue weighted by atomic mass is 9.86. The van der Waals surface area contributed by atoms with Gasteiger partial charge in [0.25, 0.3) is 0 Å². The number of carbonyl (C=O) groups excluding carboxylic acids is 3. The molecule has 208 valence electrons. The van der Waals surface area contributed by atoms with Crippen LogP contribution < -0.4 is 16.0 Å². The summed E-state index contributed by atoms with van der Waals surface area (Å²) in [4.78, 5) is 44.1. The van der Waals surface area contributed by atoms with E-state index in [9.17, 15) is 14.4 Å². The van der Waals surface area contributed by atoms with Crippen LogP contribution >= 0.6 is 0 Å². The van der Waals surface area contributed by atoms with Crippen molar-refractivity contribution >= 4 is 23.4 Å². The van der Waals surface area contributed by atoms with Gasteiger partial charge in [-0.1, -0.05) is 61.4 Å². The van der Waals surface area contributed by atoms with E-state index in [0.717, 1.165) is 42.5 Å². The second kappa shape index (κ2) is 11.1. The van der Waals surface area contributed by atoms with E-state index in [2.05, 4.69) is 17.4 Å². The van der Waals surface area contributed by atoms with Gasteiger partial charge < -0.3 is 20.9 Å². The number of benzene rings is 2. The van der Waals surface area contributed by atoms with E-state index >= 15 is 0 Å². The van der Waals surface area contributed by atoms with E-state index < -0.39 is 17.0 Å². The summed E-state index contributed by atoms with van der Waals surface area (Å²) in [5.74, 6) is -0.0463. The zero-order valence-electron chi connectivity index (χ0n) is 23.3. The molecule has 3 amide bonds. The molecule has 0 unspecified atom stereocenters. The molecule has 1 saturated heterocycles. The van der Waals surface area contributed by atoms with Crippen LogP contribution in [0.4, 0.5) is 5.69 Å². The summed E-state index contributed by atoms with van der Waals surface area (Å²) >= 11 is 0. The second-order valence-corrected chi connectivity index (χ2v) is 12.3. The third-order valence-corrected chi connectivity index (χ3v) is 9.04. The molecule has 2 aromatic rings. The number of carbonyl (C=O) groups is 3. The second-order valence-electron chi connectivity index (χ2n) is 12.3. The van der Waals surface area contributed by atoms with Gasteiger partial charge in [-0.15, -0.1) is 0 Å². The van der Waals surface area contributed by atoms with Crippen LogP contribution in [0.1, 0.15) is 76.3 Å². The molecule has 5 rings (SSSR count). The zero-order valence-corrected chi connectivity index (χ0v) is 23.3. The van der Waals surface area contributed by atoms with Crippen LogP contribution in [0.2, 0.25) is 0 Å². The first-order chi connectivity index (χ1) is 18.7. The van der Waals surface area contributed by atoms with E-state index in [1.807, 2.05) is 66.1 Å². The minimum absolute atomic E-state index is 0.0382. The molecule has 2 fully saturated rings. The van der Waals surface area contributed by atoms with Gasteiger partial charge in [0.05, 0.1) is 5.41 Å². The summed E-state index contributed by atoms with van der Waals surface area (Å²) in [6.07, 6.45) is 6.74. The van der Waals surface area contributed by atoms with E-state index in [0.29, 0.717) is 38.8 Å². The lowest BCUT2D eigenvalue weighted by molar-refractivity contribution is -0.137. The Bertz CT molecular complexity index is 1200. The molecule has 0 spiro atoms. The number of nitrogens with zero attached hydrogens (tertiary/aromatic N) is 2. The van der Waals surface area contributed by atoms with Crippen LogP contribution in [0.5, 0.6) is 0 Å². The molecule has 0 bridgehead atoms. The fourth-order valence-corrected chi connectivity index (χ4v) is 6.70. The van der Waals surface area contributed by atoms with Crippen LogP contribution in [-0.2, 0) is 26.2 Å². The highest BCUT2D eigenvalue weighted by atomic mass is 16.2. The highest BCUT2D eigenvalue weighted by Gasteiger charge is 2.47. The molecule has 1 aliphatic carbocycles. The van der Waals surface area contributed by atoms with Gasteiger partial charge in [0, 0.05) is 36.8 Å². The van der Waals surface area contributed by atoms with E-state index in [1.54, 1.807) is 0 Å². The van der Waals surface area contributed by atoms with Crippen LogP contribution in [0.25, 0.3) is 0 Å². The van der Waals surface area contributed by atoms with E-state index in [1.165, 1.54) is 0 Å². The Balaban J connectivity index is 1.25. The van der Waals surface area contributed by atoms with Crippen molar-refractivity contribution in [2.75, 3.05) is 18.0 Å². The average Bonchev–Trinajstić information content (AvgIpc) is 3.45. The Kier molecular flexibility index (Phi) is 7.81. The highest BCUT2D eigenvalue weighted by Crippen LogP contribution is 2.43. The number of anilines is 1. The topological polar surface area (TPSA) is 95.7 Å². The normalized spacial score (nSPS) is 21.1. The fourth-order valence-electron chi connectivity index (χ4n) is 6.70. The van der Waals surface area contributed by atoms with E-state index in [4.69, 9.17) is 5.73 Å². The number of amides is 3. The van der Waals surface area contributed by atoms with Crippen molar-refractivity contribution in [3.8, 4) is 0 Å². The molecule has 7 nitrogen and oxygen atoms in total. The molecule has 3 aliphatic rings. The third kappa shape index (κ3) is 5.74. The van der Waals surface area contributed by atoms with Gasteiger partial charge in [-0.25, -0.2) is 0 Å². The van der Waals surface area contributed by atoms with Gasteiger partial charge in [-0.05, 0) is 69.6 Å². The SMILES string of the molecule is CC1(C)C(=O)N(C2CCN(C(=O)[C@H](CCc3ccccc3)NC(=O)CC3(N)CCCC3)CC2)c2ccccc21. The number of rotatable bonds is 8. The van der Waals surface area contributed by atoms with Crippen LogP contribution in [0.15, 0.2) is 54.6 Å². The first-order valence-corrected chi connectivity index (χ1v) is 14.5. The lowest BCUT2D eigenvalue weighted by Crippen LogP contribution is -2.55. The van der Waals surface area contributed by atoms with Gasteiger partial charge in [0.15, 0.2) is 0 Å². The summed E-state index contributed by atoms with van der Waals surface area (Å²) in [6, 6.07) is 17.6.